The zero-order valence-electron chi connectivity index (χ0n) is 15.3. The van der Waals surface area contributed by atoms with Crippen LogP contribution < -0.4 is 5.32 Å². The van der Waals surface area contributed by atoms with Gasteiger partial charge in [0.1, 0.15) is 5.69 Å². The van der Waals surface area contributed by atoms with Crippen LogP contribution in [0.4, 0.5) is 0 Å². The molecule has 28 heavy (non-hydrogen) atoms. The monoisotopic (exact) mass is 368 g/mol. The predicted octanol–water partition coefficient (Wildman–Crippen LogP) is 3.79. The molecule has 0 aliphatic heterocycles. The van der Waals surface area contributed by atoms with Crippen LogP contribution in [0.5, 0.6) is 0 Å². The topological polar surface area (TPSA) is 59.8 Å². The van der Waals surface area contributed by atoms with Gasteiger partial charge in [-0.15, -0.1) is 5.10 Å². The second kappa shape index (κ2) is 8.31. The molecular formula is C23H20N4O. The minimum Gasteiger partial charge on any atom is -0.352 e. The number of aromatic nitrogens is 3. The Morgan fingerprint density at radius 3 is 2.11 bits per heavy atom. The van der Waals surface area contributed by atoms with Crippen LogP contribution in [-0.2, 0) is 17.8 Å². The summed E-state index contributed by atoms with van der Waals surface area (Å²) in [6.07, 6.45) is 0.171. The number of para-hydroxylation sites is 1. The first-order valence-electron chi connectivity index (χ1n) is 9.17. The molecular weight excluding hydrogens is 348 g/mol. The normalized spacial score (nSPS) is 10.6. The number of hydrogen-bond acceptors (Lipinski definition) is 3. The Kier molecular flexibility index (Phi) is 5.24. The van der Waals surface area contributed by atoms with E-state index in [4.69, 9.17) is 0 Å². The number of benzene rings is 3. The summed E-state index contributed by atoms with van der Waals surface area (Å²) in [6, 6.07) is 29.6. The average Bonchev–Trinajstić information content (AvgIpc) is 3.17. The predicted molar refractivity (Wildman–Crippen MR) is 109 cm³/mol. The number of rotatable bonds is 6. The maximum absolute atomic E-state index is 12.5. The lowest BCUT2D eigenvalue weighted by molar-refractivity contribution is -0.120. The highest BCUT2D eigenvalue weighted by Crippen LogP contribution is 2.25. The number of nitrogens with zero attached hydrogens (tertiary/aromatic N) is 3. The molecule has 0 aliphatic rings. The third kappa shape index (κ3) is 3.99. The average molecular weight is 368 g/mol. The fourth-order valence-electron chi connectivity index (χ4n) is 3.08. The fraction of sp³-hybridized carbons (Fsp3) is 0.0870. The van der Waals surface area contributed by atoms with Gasteiger partial charge in [-0.05, 0) is 17.7 Å². The van der Waals surface area contributed by atoms with Gasteiger partial charge in [-0.3, -0.25) is 4.79 Å². The van der Waals surface area contributed by atoms with Crippen LogP contribution in [0.2, 0.25) is 0 Å². The van der Waals surface area contributed by atoms with Crippen LogP contribution in [0.3, 0.4) is 0 Å². The maximum atomic E-state index is 12.5. The lowest BCUT2D eigenvalue weighted by Gasteiger charge is -2.09. The summed E-state index contributed by atoms with van der Waals surface area (Å²) in [4.78, 5) is 12.5. The van der Waals surface area contributed by atoms with E-state index in [2.05, 4.69) is 15.6 Å². The lowest BCUT2D eigenvalue weighted by atomic mass is 10.1. The van der Waals surface area contributed by atoms with Crippen molar-refractivity contribution in [1.29, 1.82) is 0 Å². The summed E-state index contributed by atoms with van der Waals surface area (Å²) in [5.41, 5.74) is 4.43. The number of carbonyl (C=O) groups excluding carboxylic acids is 1. The van der Waals surface area contributed by atoms with Gasteiger partial charge in [-0.2, -0.15) is 0 Å². The Morgan fingerprint density at radius 2 is 1.43 bits per heavy atom. The van der Waals surface area contributed by atoms with Gasteiger partial charge < -0.3 is 5.32 Å². The molecule has 0 bridgehead atoms. The molecule has 4 aromatic rings. The van der Waals surface area contributed by atoms with Gasteiger partial charge in [0.15, 0.2) is 0 Å². The van der Waals surface area contributed by atoms with Crippen molar-refractivity contribution in [3.05, 3.63) is 102 Å². The van der Waals surface area contributed by atoms with Gasteiger partial charge in [-0.1, -0.05) is 84.1 Å². The van der Waals surface area contributed by atoms with Crippen molar-refractivity contribution in [3.8, 4) is 16.9 Å². The second-order valence-electron chi connectivity index (χ2n) is 6.44. The van der Waals surface area contributed by atoms with Crippen LogP contribution in [0.25, 0.3) is 16.9 Å². The Morgan fingerprint density at radius 1 is 0.821 bits per heavy atom. The number of hydrogen-bond donors (Lipinski definition) is 1. The van der Waals surface area contributed by atoms with E-state index >= 15 is 0 Å². The molecule has 1 aromatic heterocycles. The van der Waals surface area contributed by atoms with Crippen molar-refractivity contribution in [1.82, 2.24) is 20.3 Å². The molecule has 1 heterocycles. The Labute approximate surface area is 163 Å². The highest BCUT2D eigenvalue weighted by molar-refractivity contribution is 5.80. The SMILES string of the molecule is O=C(Cc1nnn(-c2ccccc2)c1-c1ccccc1)NCc1ccccc1. The van der Waals surface area contributed by atoms with Gasteiger partial charge in [0.05, 0.1) is 17.8 Å². The second-order valence-corrected chi connectivity index (χ2v) is 6.44. The Hall–Kier alpha value is -3.73. The Bertz CT molecular complexity index is 1040. The van der Waals surface area contributed by atoms with Crippen LogP contribution in [0, 0.1) is 0 Å². The molecule has 0 saturated carbocycles. The van der Waals surface area contributed by atoms with E-state index in [0.717, 1.165) is 22.5 Å². The third-order valence-electron chi connectivity index (χ3n) is 4.45. The number of nitrogens with one attached hydrogen (secondary N) is 1. The molecule has 0 fully saturated rings. The van der Waals surface area contributed by atoms with Crippen LogP contribution in [-0.4, -0.2) is 20.9 Å². The Balaban J connectivity index is 1.60. The summed E-state index contributed by atoms with van der Waals surface area (Å²) < 4.78 is 1.79. The minimum absolute atomic E-state index is 0.0823. The van der Waals surface area contributed by atoms with Crippen molar-refractivity contribution < 1.29 is 4.79 Å². The summed E-state index contributed by atoms with van der Waals surface area (Å²) in [7, 11) is 0. The van der Waals surface area contributed by atoms with E-state index in [-0.39, 0.29) is 12.3 Å². The molecule has 0 unspecified atom stereocenters. The van der Waals surface area contributed by atoms with Gasteiger partial charge in [0, 0.05) is 12.1 Å². The molecule has 1 amide bonds. The molecule has 0 spiro atoms. The molecule has 5 heteroatoms. The van der Waals surface area contributed by atoms with Crippen molar-refractivity contribution in [3.63, 3.8) is 0 Å². The van der Waals surface area contributed by atoms with E-state index in [1.54, 1.807) is 4.68 Å². The van der Waals surface area contributed by atoms with Crippen LogP contribution in [0.15, 0.2) is 91.0 Å². The maximum Gasteiger partial charge on any atom is 0.226 e. The van der Waals surface area contributed by atoms with E-state index in [1.807, 2.05) is 91.0 Å². The van der Waals surface area contributed by atoms with E-state index < -0.39 is 0 Å². The molecule has 5 nitrogen and oxygen atoms in total. The van der Waals surface area contributed by atoms with E-state index in [9.17, 15) is 4.79 Å². The molecule has 4 rings (SSSR count). The van der Waals surface area contributed by atoms with Crippen LogP contribution in [0.1, 0.15) is 11.3 Å². The van der Waals surface area contributed by atoms with E-state index in [0.29, 0.717) is 12.2 Å². The summed E-state index contributed by atoms with van der Waals surface area (Å²) in [5, 5.41) is 11.6. The summed E-state index contributed by atoms with van der Waals surface area (Å²) in [6.45, 7) is 0.493. The standard InChI is InChI=1S/C23H20N4O/c28-22(24-17-18-10-4-1-5-11-18)16-21-23(19-12-6-2-7-13-19)27(26-25-21)20-14-8-3-9-15-20/h1-15H,16-17H2,(H,24,28). The van der Waals surface area contributed by atoms with Gasteiger partial charge in [0.2, 0.25) is 5.91 Å². The quantitative estimate of drug-likeness (QED) is 0.563. The van der Waals surface area contributed by atoms with Crippen LogP contribution >= 0.6 is 0 Å². The molecule has 138 valence electrons. The summed E-state index contributed by atoms with van der Waals surface area (Å²) >= 11 is 0. The molecule has 0 atom stereocenters. The number of carbonyl (C=O) groups is 1. The molecule has 1 N–H and O–H groups in total. The zero-order valence-corrected chi connectivity index (χ0v) is 15.3. The highest BCUT2D eigenvalue weighted by Gasteiger charge is 2.18. The molecule has 0 saturated heterocycles. The lowest BCUT2D eigenvalue weighted by Crippen LogP contribution is -2.25. The summed E-state index contributed by atoms with van der Waals surface area (Å²) in [5.74, 6) is -0.0823. The largest absolute Gasteiger partial charge is 0.352 e. The van der Waals surface area contributed by atoms with Crippen molar-refractivity contribution in [2.45, 2.75) is 13.0 Å². The van der Waals surface area contributed by atoms with Crippen molar-refractivity contribution in [2.24, 2.45) is 0 Å². The smallest absolute Gasteiger partial charge is 0.226 e. The van der Waals surface area contributed by atoms with Crippen molar-refractivity contribution >= 4 is 5.91 Å². The first kappa shape index (κ1) is 17.7. The van der Waals surface area contributed by atoms with Crippen molar-refractivity contribution in [2.75, 3.05) is 0 Å². The first-order chi connectivity index (χ1) is 13.8. The van der Waals surface area contributed by atoms with Gasteiger partial charge in [-0.25, -0.2) is 4.68 Å². The van der Waals surface area contributed by atoms with Gasteiger partial charge in [0.25, 0.3) is 0 Å². The van der Waals surface area contributed by atoms with E-state index in [1.165, 1.54) is 0 Å². The van der Waals surface area contributed by atoms with Gasteiger partial charge >= 0.3 is 0 Å². The zero-order chi connectivity index (χ0) is 19.2. The first-order valence-corrected chi connectivity index (χ1v) is 9.17. The third-order valence-corrected chi connectivity index (χ3v) is 4.45. The number of amides is 1. The fourth-order valence-corrected chi connectivity index (χ4v) is 3.08. The molecule has 0 aliphatic carbocycles. The highest BCUT2D eigenvalue weighted by atomic mass is 16.1. The molecule has 0 radical (unpaired) electrons. The molecule has 3 aromatic carbocycles. The minimum atomic E-state index is -0.0823.